The molecule has 0 saturated carbocycles. The van der Waals surface area contributed by atoms with Crippen molar-refractivity contribution in [2.75, 3.05) is 0 Å². The normalized spacial score (nSPS) is 23.3. The predicted octanol–water partition coefficient (Wildman–Crippen LogP) is -0.0231. The summed E-state index contributed by atoms with van der Waals surface area (Å²) in [5, 5.41) is 10.0. The molecule has 0 bridgehead atoms. The molecule has 4 heteroatoms. The molecule has 4 N–H and O–H groups in total. The van der Waals surface area contributed by atoms with Crippen LogP contribution in [0, 0.1) is 0 Å². The SMILES string of the molecule is NNC(=O)C1(O)C=Cc2ccccc2C1. The number of carbonyl (C=O) groups excluding carboxylic acids is 1. The molecular weight excluding hydrogens is 192 g/mol. The van der Waals surface area contributed by atoms with E-state index in [1.807, 2.05) is 29.7 Å². The zero-order chi connectivity index (χ0) is 10.9. The Balaban J connectivity index is 2.37. The Hall–Kier alpha value is -1.65. The fourth-order valence-corrected chi connectivity index (χ4v) is 1.72. The first-order valence-electron chi connectivity index (χ1n) is 4.66. The number of nitrogens with one attached hydrogen (secondary N) is 1. The number of carbonyl (C=O) groups is 1. The molecule has 1 atom stereocenters. The van der Waals surface area contributed by atoms with E-state index < -0.39 is 11.5 Å². The monoisotopic (exact) mass is 204 g/mol. The molecule has 1 amide bonds. The number of aliphatic hydroxyl groups is 1. The van der Waals surface area contributed by atoms with E-state index in [2.05, 4.69) is 0 Å². The second-order valence-electron chi connectivity index (χ2n) is 3.61. The lowest BCUT2D eigenvalue weighted by Gasteiger charge is -2.26. The Morgan fingerprint density at radius 3 is 2.93 bits per heavy atom. The number of benzene rings is 1. The topological polar surface area (TPSA) is 75.3 Å². The molecule has 0 radical (unpaired) electrons. The molecule has 0 fully saturated rings. The Morgan fingerprint density at radius 1 is 1.47 bits per heavy atom. The van der Waals surface area contributed by atoms with Crippen LogP contribution in [0.5, 0.6) is 0 Å². The smallest absolute Gasteiger partial charge is 0.270 e. The van der Waals surface area contributed by atoms with Crippen molar-refractivity contribution in [3.8, 4) is 0 Å². The van der Waals surface area contributed by atoms with E-state index in [1.54, 1.807) is 6.08 Å². The molecule has 2 rings (SSSR count). The number of hydrogen-bond acceptors (Lipinski definition) is 3. The first kappa shape index (κ1) is 9.89. The van der Waals surface area contributed by atoms with Gasteiger partial charge in [-0.2, -0.15) is 0 Å². The summed E-state index contributed by atoms with van der Waals surface area (Å²) in [4.78, 5) is 11.4. The molecule has 0 saturated heterocycles. The molecule has 0 spiro atoms. The highest BCUT2D eigenvalue weighted by Crippen LogP contribution is 2.25. The van der Waals surface area contributed by atoms with E-state index in [4.69, 9.17) is 5.84 Å². The molecule has 1 aliphatic carbocycles. The predicted molar refractivity (Wildman–Crippen MR) is 56.5 cm³/mol. The molecule has 15 heavy (non-hydrogen) atoms. The second kappa shape index (κ2) is 3.49. The fourth-order valence-electron chi connectivity index (χ4n) is 1.72. The minimum Gasteiger partial charge on any atom is -0.375 e. The average Bonchev–Trinajstić information content (AvgIpc) is 2.27. The molecule has 0 heterocycles. The summed E-state index contributed by atoms with van der Waals surface area (Å²) < 4.78 is 0. The Kier molecular flexibility index (Phi) is 2.30. The molecule has 4 nitrogen and oxygen atoms in total. The number of nitrogens with two attached hydrogens (primary N) is 1. The van der Waals surface area contributed by atoms with Crippen LogP contribution < -0.4 is 11.3 Å². The largest absolute Gasteiger partial charge is 0.375 e. The first-order valence-corrected chi connectivity index (χ1v) is 4.66. The van der Waals surface area contributed by atoms with Crippen LogP contribution in [-0.4, -0.2) is 16.6 Å². The van der Waals surface area contributed by atoms with Crippen LogP contribution in [0.3, 0.4) is 0 Å². The van der Waals surface area contributed by atoms with Gasteiger partial charge in [-0.05, 0) is 17.2 Å². The van der Waals surface area contributed by atoms with Crippen molar-refractivity contribution < 1.29 is 9.90 Å². The molecule has 0 aliphatic heterocycles. The van der Waals surface area contributed by atoms with Crippen molar-refractivity contribution in [3.05, 3.63) is 41.5 Å². The van der Waals surface area contributed by atoms with Gasteiger partial charge in [-0.1, -0.05) is 30.3 Å². The van der Waals surface area contributed by atoms with Crippen LogP contribution in [0.15, 0.2) is 30.3 Å². The third-order valence-corrected chi connectivity index (χ3v) is 2.58. The van der Waals surface area contributed by atoms with E-state index in [-0.39, 0.29) is 6.42 Å². The molecular formula is C11H12N2O2. The zero-order valence-corrected chi connectivity index (χ0v) is 8.10. The minimum atomic E-state index is -1.52. The van der Waals surface area contributed by atoms with E-state index in [0.29, 0.717) is 0 Å². The summed E-state index contributed by atoms with van der Waals surface area (Å²) in [6, 6.07) is 7.61. The highest BCUT2D eigenvalue weighted by Gasteiger charge is 2.35. The molecule has 78 valence electrons. The lowest BCUT2D eigenvalue weighted by Crippen LogP contribution is -2.50. The third kappa shape index (κ3) is 1.65. The van der Waals surface area contributed by atoms with Gasteiger partial charge >= 0.3 is 0 Å². The summed E-state index contributed by atoms with van der Waals surface area (Å²) in [5.74, 6) is 4.43. The number of hydrazine groups is 1. The summed E-state index contributed by atoms with van der Waals surface area (Å²) in [6.45, 7) is 0. The highest BCUT2D eigenvalue weighted by atomic mass is 16.3. The van der Waals surface area contributed by atoms with Gasteiger partial charge in [-0.25, -0.2) is 5.84 Å². The van der Waals surface area contributed by atoms with Gasteiger partial charge in [-0.3, -0.25) is 10.2 Å². The molecule has 0 aromatic heterocycles. The summed E-state index contributed by atoms with van der Waals surface area (Å²) >= 11 is 0. The molecule has 1 aromatic carbocycles. The highest BCUT2D eigenvalue weighted by molar-refractivity contribution is 5.89. The van der Waals surface area contributed by atoms with Gasteiger partial charge in [0.15, 0.2) is 5.60 Å². The van der Waals surface area contributed by atoms with Crippen molar-refractivity contribution in [1.29, 1.82) is 0 Å². The maximum Gasteiger partial charge on any atom is 0.270 e. The van der Waals surface area contributed by atoms with Crippen molar-refractivity contribution in [1.82, 2.24) is 5.43 Å². The number of fused-ring (bicyclic) bond motifs is 1. The Morgan fingerprint density at radius 2 is 2.20 bits per heavy atom. The third-order valence-electron chi connectivity index (χ3n) is 2.58. The Labute approximate surface area is 87.4 Å². The Bertz CT molecular complexity index is 428. The van der Waals surface area contributed by atoms with Crippen LogP contribution >= 0.6 is 0 Å². The zero-order valence-electron chi connectivity index (χ0n) is 8.10. The van der Waals surface area contributed by atoms with Crippen LogP contribution in [0.4, 0.5) is 0 Å². The molecule has 1 unspecified atom stereocenters. The van der Waals surface area contributed by atoms with Gasteiger partial charge in [-0.15, -0.1) is 0 Å². The number of rotatable bonds is 1. The van der Waals surface area contributed by atoms with Gasteiger partial charge in [0.1, 0.15) is 0 Å². The van der Waals surface area contributed by atoms with Gasteiger partial charge in [0, 0.05) is 6.42 Å². The lowest BCUT2D eigenvalue weighted by molar-refractivity contribution is -0.135. The average molecular weight is 204 g/mol. The molecule has 1 aliphatic rings. The van der Waals surface area contributed by atoms with Gasteiger partial charge in [0.25, 0.3) is 5.91 Å². The van der Waals surface area contributed by atoms with E-state index >= 15 is 0 Å². The van der Waals surface area contributed by atoms with Crippen molar-refractivity contribution >= 4 is 12.0 Å². The standard InChI is InChI=1S/C11H12N2O2/c12-13-10(14)11(15)6-5-8-3-1-2-4-9(8)7-11/h1-6,15H,7,12H2,(H,13,14). The summed E-state index contributed by atoms with van der Waals surface area (Å²) in [7, 11) is 0. The van der Waals surface area contributed by atoms with Crippen molar-refractivity contribution in [2.45, 2.75) is 12.0 Å². The quantitative estimate of drug-likeness (QED) is 0.342. The lowest BCUT2D eigenvalue weighted by atomic mass is 9.85. The minimum absolute atomic E-state index is 0.253. The summed E-state index contributed by atoms with van der Waals surface area (Å²) in [5.41, 5.74) is 2.40. The van der Waals surface area contributed by atoms with Gasteiger partial charge in [0.05, 0.1) is 0 Å². The fraction of sp³-hybridized carbons (Fsp3) is 0.182. The van der Waals surface area contributed by atoms with Crippen LogP contribution in [-0.2, 0) is 11.2 Å². The first-order chi connectivity index (χ1) is 7.15. The summed E-state index contributed by atoms with van der Waals surface area (Å²) in [6.07, 6.45) is 3.45. The van der Waals surface area contributed by atoms with Crippen molar-refractivity contribution in [3.63, 3.8) is 0 Å². The van der Waals surface area contributed by atoms with Gasteiger partial charge < -0.3 is 5.11 Å². The van der Waals surface area contributed by atoms with Crippen LogP contribution in [0.2, 0.25) is 0 Å². The van der Waals surface area contributed by atoms with E-state index in [9.17, 15) is 9.90 Å². The van der Waals surface area contributed by atoms with Crippen molar-refractivity contribution in [2.24, 2.45) is 5.84 Å². The number of hydrogen-bond donors (Lipinski definition) is 3. The van der Waals surface area contributed by atoms with Gasteiger partial charge in [0.2, 0.25) is 0 Å². The maximum absolute atomic E-state index is 11.4. The van der Waals surface area contributed by atoms with E-state index in [1.165, 1.54) is 6.08 Å². The van der Waals surface area contributed by atoms with E-state index in [0.717, 1.165) is 11.1 Å². The second-order valence-corrected chi connectivity index (χ2v) is 3.61. The van der Waals surface area contributed by atoms with Crippen LogP contribution in [0.25, 0.3) is 6.08 Å². The van der Waals surface area contributed by atoms with Crippen LogP contribution in [0.1, 0.15) is 11.1 Å². The number of amides is 1. The molecule has 1 aromatic rings. The maximum atomic E-state index is 11.4.